The van der Waals surface area contributed by atoms with Crippen LogP contribution in [0, 0.1) is 29.1 Å². The summed E-state index contributed by atoms with van der Waals surface area (Å²) in [4.78, 5) is 51.2. The molecule has 4 aliphatic carbocycles. The molecule has 0 saturated heterocycles. The fourth-order valence-corrected chi connectivity index (χ4v) is 7.90. The fraction of sp³-hybridized carbons (Fsp3) is 0.733. The van der Waals surface area contributed by atoms with Gasteiger partial charge in [0.1, 0.15) is 18.3 Å². The number of Topliss-reactive ketones (excluding diaryl/α,β-unsaturated/α-hetero) is 1. The first kappa shape index (κ1) is 30.4. The van der Waals surface area contributed by atoms with Crippen LogP contribution in [-0.4, -0.2) is 70.0 Å². The summed E-state index contributed by atoms with van der Waals surface area (Å²) in [5, 5.41) is 24.7. The Hall–Kier alpha value is -2.56. The summed E-state index contributed by atoms with van der Waals surface area (Å²) in [6.45, 7) is 10.2. The lowest BCUT2D eigenvalue weighted by Gasteiger charge is -2.53. The molecule has 10 nitrogen and oxygen atoms in total. The van der Waals surface area contributed by atoms with Gasteiger partial charge in [0.2, 0.25) is 0 Å². The molecule has 0 aliphatic heterocycles. The standard InChI is InChI=1S/C30H43NO9/c1-7-9-21(32)38-15-18-12-19-24-27(5,6)30(24,40-22(33)10-8-2)26(39-23(34)14-31)17(4)29(19,37)20-11-16(3)25(35)28(20,36)13-18/h11-12,17,19-20,24,26,36-37H,7-10,13-15,31H2,1-6H3/t17-,19+,20-,24-,26-,28-,29-,30-/m1/s1. The number of carbonyl (C=O) groups excluding carboxylic acids is 4. The molecule has 40 heavy (non-hydrogen) atoms. The van der Waals surface area contributed by atoms with Gasteiger partial charge in [0.05, 0.1) is 12.1 Å². The number of nitrogens with two attached hydrogens (primary N) is 1. The number of carbonyl (C=O) groups is 4. The van der Waals surface area contributed by atoms with Gasteiger partial charge in [0.25, 0.3) is 0 Å². The summed E-state index contributed by atoms with van der Waals surface area (Å²) in [5.74, 6) is -5.28. The number of ether oxygens (including phenoxy) is 3. The Morgan fingerprint density at radius 2 is 1.68 bits per heavy atom. The third-order valence-corrected chi connectivity index (χ3v) is 9.79. The van der Waals surface area contributed by atoms with Crippen LogP contribution >= 0.6 is 0 Å². The van der Waals surface area contributed by atoms with Crippen LogP contribution in [0.3, 0.4) is 0 Å². The Bertz CT molecular complexity index is 1160. The molecule has 0 spiro atoms. The molecule has 0 radical (unpaired) electrons. The molecule has 8 atom stereocenters. The first-order valence-corrected chi connectivity index (χ1v) is 14.3. The molecule has 0 bridgehead atoms. The Balaban J connectivity index is 1.89. The number of esters is 3. The van der Waals surface area contributed by atoms with Crippen LogP contribution < -0.4 is 5.73 Å². The van der Waals surface area contributed by atoms with Crippen LogP contribution in [0.25, 0.3) is 0 Å². The largest absolute Gasteiger partial charge is 0.461 e. The van der Waals surface area contributed by atoms with Crippen molar-refractivity contribution >= 4 is 23.7 Å². The van der Waals surface area contributed by atoms with Gasteiger partial charge in [-0.15, -0.1) is 0 Å². The second kappa shape index (κ2) is 10.4. The SMILES string of the molecule is CCCC(=O)OCC1=C[C@H]2[C@@H]3C(C)(C)[C@]3(OC(=O)CCC)[C@H](OC(=O)CN)[C@@H](C)[C@]2(O)[C@@H]2C=C(C)C(=O)[C@@]2(O)C1. The quantitative estimate of drug-likeness (QED) is 0.216. The van der Waals surface area contributed by atoms with Crippen LogP contribution in [0.4, 0.5) is 0 Å². The van der Waals surface area contributed by atoms with Crippen molar-refractivity contribution in [1.29, 1.82) is 0 Å². The van der Waals surface area contributed by atoms with Gasteiger partial charge in [-0.3, -0.25) is 19.2 Å². The van der Waals surface area contributed by atoms with Crippen molar-refractivity contribution < 1.29 is 43.6 Å². The van der Waals surface area contributed by atoms with E-state index in [1.165, 1.54) is 0 Å². The summed E-state index contributed by atoms with van der Waals surface area (Å²) in [7, 11) is 0. The molecule has 0 unspecified atom stereocenters. The zero-order chi connectivity index (χ0) is 29.8. The number of hydrogen-bond acceptors (Lipinski definition) is 10. The van der Waals surface area contributed by atoms with Gasteiger partial charge in [0.15, 0.2) is 11.4 Å². The molecule has 2 saturated carbocycles. The topological polar surface area (TPSA) is 162 Å². The minimum absolute atomic E-state index is 0.141. The molecule has 2 fully saturated rings. The van der Waals surface area contributed by atoms with Crippen molar-refractivity contribution in [3.63, 3.8) is 0 Å². The van der Waals surface area contributed by atoms with Crippen LogP contribution in [0.1, 0.15) is 73.6 Å². The number of fused-ring (bicyclic) bond motifs is 5. The monoisotopic (exact) mass is 561 g/mol. The van der Waals surface area contributed by atoms with Gasteiger partial charge >= 0.3 is 17.9 Å². The van der Waals surface area contributed by atoms with Crippen LogP contribution in [-0.2, 0) is 33.4 Å². The highest BCUT2D eigenvalue weighted by Crippen LogP contribution is 2.77. The van der Waals surface area contributed by atoms with Crippen molar-refractivity contribution in [3.8, 4) is 0 Å². The van der Waals surface area contributed by atoms with E-state index >= 15 is 0 Å². The summed E-state index contributed by atoms with van der Waals surface area (Å²) in [5.41, 5.74) is 0.592. The second-order valence-corrected chi connectivity index (χ2v) is 12.5. The molecule has 0 heterocycles. The highest BCUT2D eigenvalue weighted by Gasteiger charge is 2.87. The molecule has 0 aromatic heterocycles. The maximum atomic E-state index is 13.4. The lowest BCUT2D eigenvalue weighted by atomic mass is 9.59. The fourth-order valence-electron chi connectivity index (χ4n) is 7.90. The third-order valence-electron chi connectivity index (χ3n) is 9.79. The normalized spacial score (nSPS) is 39.0. The first-order valence-electron chi connectivity index (χ1n) is 14.3. The van der Waals surface area contributed by atoms with E-state index in [-0.39, 0.29) is 25.9 Å². The van der Waals surface area contributed by atoms with E-state index in [0.717, 1.165) is 0 Å². The maximum absolute atomic E-state index is 13.4. The Labute approximate surface area is 235 Å². The molecule has 222 valence electrons. The Morgan fingerprint density at radius 1 is 1.05 bits per heavy atom. The Morgan fingerprint density at radius 3 is 2.27 bits per heavy atom. The molecule has 0 aromatic rings. The molecule has 4 aliphatic rings. The number of rotatable bonds is 9. The van der Waals surface area contributed by atoms with Crippen molar-refractivity contribution in [3.05, 3.63) is 23.3 Å². The van der Waals surface area contributed by atoms with E-state index in [9.17, 15) is 29.4 Å². The summed E-state index contributed by atoms with van der Waals surface area (Å²) in [6.07, 6.45) is 3.71. The van der Waals surface area contributed by atoms with Gasteiger partial charge in [-0.1, -0.05) is 46.8 Å². The minimum atomic E-state index is -1.99. The predicted molar refractivity (Wildman–Crippen MR) is 143 cm³/mol. The molecule has 0 aromatic carbocycles. The molecule has 10 heteroatoms. The summed E-state index contributed by atoms with van der Waals surface area (Å²) in [6, 6.07) is 0. The van der Waals surface area contributed by atoms with Crippen molar-refractivity contribution in [2.24, 2.45) is 34.8 Å². The van der Waals surface area contributed by atoms with Crippen LogP contribution in [0.2, 0.25) is 0 Å². The van der Waals surface area contributed by atoms with Crippen molar-refractivity contribution in [2.75, 3.05) is 13.2 Å². The molecule has 0 amide bonds. The summed E-state index contributed by atoms with van der Waals surface area (Å²) >= 11 is 0. The van der Waals surface area contributed by atoms with Gasteiger partial charge in [0, 0.05) is 48.3 Å². The first-order chi connectivity index (χ1) is 18.7. The zero-order valence-electron chi connectivity index (χ0n) is 24.3. The van der Waals surface area contributed by atoms with Gasteiger partial charge < -0.3 is 30.2 Å². The smallest absolute Gasteiger partial charge is 0.320 e. The lowest BCUT2D eigenvalue weighted by Crippen LogP contribution is -2.66. The molecule has 4 rings (SSSR count). The molecule has 4 N–H and O–H groups in total. The number of ketones is 1. The van der Waals surface area contributed by atoms with Crippen molar-refractivity contribution in [1.82, 2.24) is 0 Å². The third kappa shape index (κ3) is 4.25. The van der Waals surface area contributed by atoms with Gasteiger partial charge in [-0.05, 0) is 30.9 Å². The van der Waals surface area contributed by atoms with Crippen LogP contribution in [0.15, 0.2) is 23.3 Å². The van der Waals surface area contributed by atoms with Crippen molar-refractivity contribution in [2.45, 2.75) is 96.6 Å². The lowest BCUT2D eigenvalue weighted by molar-refractivity contribution is -0.228. The average molecular weight is 562 g/mol. The maximum Gasteiger partial charge on any atom is 0.320 e. The zero-order valence-corrected chi connectivity index (χ0v) is 24.3. The predicted octanol–water partition coefficient (Wildman–Crippen LogP) is 2.14. The van der Waals surface area contributed by atoms with Gasteiger partial charge in [-0.2, -0.15) is 0 Å². The van der Waals surface area contributed by atoms with Gasteiger partial charge in [-0.25, -0.2) is 0 Å². The highest BCUT2D eigenvalue weighted by atomic mass is 16.6. The van der Waals surface area contributed by atoms with Crippen LogP contribution in [0.5, 0.6) is 0 Å². The second-order valence-electron chi connectivity index (χ2n) is 12.5. The highest BCUT2D eigenvalue weighted by molar-refractivity contribution is 6.04. The van der Waals surface area contributed by atoms with E-state index in [0.29, 0.717) is 24.0 Å². The van der Waals surface area contributed by atoms with E-state index in [1.54, 1.807) is 26.0 Å². The molecular formula is C30H43NO9. The minimum Gasteiger partial charge on any atom is -0.461 e. The van der Waals surface area contributed by atoms with E-state index in [1.807, 2.05) is 27.7 Å². The van der Waals surface area contributed by atoms with E-state index < -0.39 is 82.2 Å². The number of aliphatic hydroxyl groups is 2. The molecular weight excluding hydrogens is 518 g/mol. The average Bonchev–Trinajstić information content (AvgIpc) is 3.31. The summed E-state index contributed by atoms with van der Waals surface area (Å²) < 4.78 is 17.5. The Kier molecular flexibility index (Phi) is 7.88. The van der Waals surface area contributed by atoms with E-state index in [4.69, 9.17) is 19.9 Å². The van der Waals surface area contributed by atoms with E-state index in [2.05, 4.69) is 0 Å². The number of hydrogen-bond donors (Lipinski definition) is 3.